The molecular formula is C19H23N5. The molecule has 0 atom stereocenters. The van der Waals surface area contributed by atoms with Gasteiger partial charge in [0.05, 0.1) is 18.2 Å². The van der Waals surface area contributed by atoms with Gasteiger partial charge < -0.3 is 10.3 Å². The monoisotopic (exact) mass is 321 g/mol. The topological polar surface area (TPSA) is 69.6 Å². The molecule has 0 saturated heterocycles. The van der Waals surface area contributed by atoms with E-state index in [1.807, 2.05) is 37.7 Å². The van der Waals surface area contributed by atoms with Crippen LogP contribution in [0.1, 0.15) is 31.4 Å². The number of hydrogen-bond acceptors (Lipinski definition) is 4. The van der Waals surface area contributed by atoms with Crippen LogP contribution in [0.2, 0.25) is 0 Å². The summed E-state index contributed by atoms with van der Waals surface area (Å²) in [6.07, 6.45) is 8.63. The molecule has 2 N–H and O–H groups in total. The van der Waals surface area contributed by atoms with E-state index in [9.17, 15) is 0 Å². The molecule has 1 aliphatic rings. The van der Waals surface area contributed by atoms with Crippen LogP contribution in [0.15, 0.2) is 36.9 Å². The molecule has 2 heterocycles. The third-order valence-corrected chi connectivity index (χ3v) is 4.19. The van der Waals surface area contributed by atoms with E-state index >= 15 is 0 Å². The summed E-state index contributed by atoms with van der Waals surface area (Å²) in [5.74, 6) is 0.712. The summed E-state index contributed by atoms with van der Waals surface area (Å²) in [7, 11) is 1.95. The molecular weight excluding hydrogens is 298 g/mol. The third-order valence-electron chi connectivity index (χ3n) is 4.19. The quantitative estimate of drug-likeness (QED) is 0.695. The van der Waals surface area contributed by atoms with Crippen molar-refractivity contribution >= 4 is 5.69 Å². The molecule has 5 heteroatoms. The fourth-order valence-electron chi connectivity index (χ4n) is 3.04. The van der Waals surface area contributed by atoms with E-state index in [0.29, 0.717) is 5.82 Å². The van der Waals surface area contributed by atoms with E-state index in [4.69, 9.17) is 10.7 Å². The number of aryl methyl sites for hydroxylation is 3. The lowest BCUT2D eigenvalue weighted by atomic mass is 10.0. The molecule has 2 aromatic heterocycles. The van der Waals surface area contributed by atoms with Gasteiger partial charge >= 0.3 is 0 Å². The average Bonchev–Trinajstić information content (AvgIpc) is 2.95. The highest BCUT2D eigenvalue weighted by molar-refractivity contribution is 5.71. The van der Waals surface area contributed by atoms with Crippen molar-refractivity contribution in [3.8, 4) is 22.8 Å². The van der Waals surface area contributed by atoms with Crippen molar-refractivity contribution in [2.24, 2.45) is 7.05 Å². The lowest BCUT2D eigenvalue weighted by Crippen LogP contribution is -2.00. The van der Waals surface area contributed by atoms with E-state index in [-0.39, 0.29) is 0 Å². The van der Waals surface area contributed by atoms with E-state index in [1.54, 1.807) is 12.5 Å². The van der Waals surface area contributed by atoms with Crippen LogP contribution in [0.5, 0.6) is 0 Å². The molecule has 0 amide bonds. The molecule has 1 aromatic carbocycles. The Hall–Kier alpha value is -2.69. The van der Waals surface area contributed by atoms with E-state index in [1.165, 1.54) is 16.7 Å². The normalized spacial score (nSPS) is 12.5. The molecule has 0 saturated carbocycles. The largest absolute Gasteiger partial charge is 0.399 e. The maximum Gasteiger partial charge on any atom is 0.178 e. The highest BCUT2D eigenvalue weighted by atomic mass is 15.1. The molecule has 0 aliphatic heterocycles. The number of nitrogen functional groups attached to an aromatic ring is 1. The number of benzene rings is 1. The Labute approximate surface area is 142 Å². The molecule has 0 fully saturated rings. The van der Waals surface area contributed by atoms with Gasteiger partial charge in [-0.3, -0.25) is 0 Å². The molecule has 4 rings (SSSR count). The van der Waals surface area contributed by atoms with Crippen LogP contribution in [0.4, 0.5) is 5.69 Å². The number of fused-ring (bicyclic) bond motifs is 3. The predicted octanol–water partition coefficient (Wildman–Crippen LogP) is 3.64. The van der Waals surface area contributed by atoms with Gasteiger partial charge in [0.1, 0.15) is 5.69 Å². The molecule has 24 heavy (non-hydrogen) atoms. The van der Waals surface area contributed by atoms with Crippen LogP contribution in [0.3, 0.4) is 0 Å². The zero-order valence-electron chi connectivity index (χ0n) is 14.5. The van der Waals surface area contributed by atoms with Crippen molar-refractivity contribution in [1.82, 2.24) is 19.5 Å². The van der Waals surface area contributed by atoms with Crippen molar-refractivity contribution in [1.29, 1.82) is 0 Å². The van der Waals surface area contributed by atoms with Gasteiger partial charge in [0.25, 0.3) is 0 Å². The Morgan fingerprint density at radius 2 is 1.88 bits per heavy atom. The SMILES string of the molecule is CC.Cn1cncc1-c1ncc2c(n1)-c1ccc(N)cc1CCC2. The van der Waals surface area contributed by atoms with Crippen LogP contribution in [-0.4, -0.2) is 19.5 Å². The Morgan fingerprint density at radius 1 is 1.08 bits per heavy atom. The number of aromatic nitrogens is 4. The van der Waals surface area contributed by atoms with Gasteiger partial charge in [-0.1, -0.05) is 19.9 Å². The number of rotatable bonds is 1. The van der Waals surface area contributed by atoms with E-state index in [0.717, 1.165) is 36.3 Å². The smallest absolute Gasteiger partial charge is 0.178 e. The zero-order chi connectivity index (χ0) is 17.1. The first-order chi connectivity index (χ1) is 11.7. The molecule has 1 aliphatic carbocycles. The summed E-state index contributed by atoms with van der Waals surface area (Å²) in [6, 6.07) is 6.09. The number of hydrogen-bond donors (Lipinski definition) is 1. The molecule has 124 valence electrons. The van der Waals surface area contributed by atoms with Crippen LogP contribution < -0.4 is 5.73 Å². The standard InChI is InChI=1S/C17H17N5.C2H6/c1-22-10-19-9-15(22)17-20-8-12-4-2-3-11-7-13(18)5-6-14(11)16(12)21-17;1-2/h5-10H,2-4,18H2,1H3;1-2H3. The Bertz CT molecular complexity index is 851. The summed E-state index contributed by atoms with van der Waals surface area (Å²) in [4.78, 5) is 13.5. The molecule has 0 bridgehead atoms. The minimum Gasteiger partial charge on any atom is -0.399 e. The maximum atomic E-state index is 5.94. The summed E-state index contributed by atoms with van der Waals surface area (Å²) in [5, 5.41) is 0. The second-order valence-electron chi connectivity index (χ2n) is 5.73. The fourth-order valence-corrected chi connectivity index (χ4v) is 3.04. The van der Waals surface area contributed by atoms with Crippen LogP contribution >= 0.6 is 0 Å². The summed E-state index contributed by atoms with van der Waals surface area (Å²) >= 11 is 0. The maximum absolute atomic E-state index is 5.94. The second-order valence-corrected chi connectivity index (χ2v) is 5.73. The Kier molecular flexibility index (Phi) is 4.60. The molecule has 5 nitrogen and oxygen atoms in total. The van der Waals surface area contributed by atoms with Crippen LogP contribution in [0.25, 0.3) is 22.8 Å². The zero-order valence-corrected chi connectivity index (χ0v) is 14.5. The summed E-state index contributed by atoms with van der Waals surface area (Å²) in [6.45, 7) is 4.00. The van der Waals surface area contributed by atoms with Gasteiger partial charge in [-0.2, -0.15) is 0 Å². The molecule has 0 spiro atoms. The first-order valence-electron chi connectivity index (χ1n) is 8.44. The van der Waals surface area contributed by atoms with Gasteiger partial charge in [0.2, 0.25) is 0 Å². The summed E-state index contributed by atoms with van der Waals surface area (Å²) in [5.41, 5.74) is 12.3. The fraction of sp³-hybridized carbons (Fsp3) is 0.316. The lowest BCUT2D eigenvalue weighted by Gasteiger charge is -2.10. The highest BCUT2D eigenvalue weighted by Crippen LogP contribution is 2.33. The minimum atomic E-state index is 0.712. The van der Waals surface area contributed by atoms with Gasteiger partial charge in [0.15, 0.2) is 5.82 Å². The predicted molar refractivity (Wildman–Crippen MR) is 97.5 cm³/mol. The number of nitrogens with zero attached hydrogens (tertiary/aromatic N) is 4. The average molecular weight is 321 g/mol. The molecule has 3 aromatic rings. The molecule has 0 radical (unpaired) electrons. The first-order valence-corrected chi connectivity index (χ1v) is 8.44. The van der Waals surface area contributed by atoms with Gasteiger partial charge in [-0.25, -0.2) is 15.0 Å². The molecule has 0 unspecified atom stereocenters. The highest BCUT2D eigenvalue weighted by Gasteiger charge is 2.18. The lowest BCUT2D eigenvalue weighted by molar-refractivity contribution is 0.828. The van der Waals surface area contributed by atoms with E-state index < -0.39 is 0 Å². The van der Waals surface area contributed by atoms with Crippen molar-refractivity contribution in [3.05, 3.63) is 48.0 Å². The van der Waals surface area contributed by atoms with Gasteiger partial charge in [0, 0.05) is 24.5 Å². The number of nitrogens with two attached hydrogens (primary N) is 1. The number of imidazole rings is 1. The van der Waals surface area contributed by atoms with Crippen molar-refractivity contribution in [3.63, 3.8) is 0 Å². The van der Waals surface area contributed by atoms with Crippen LogP contribution in [-0.2, 0) is 19.9 Å². The third kappa shape index (κ3) is 2.89. The van der Waals surface area contributed by atoms with E-state index in [2.05, 4.69) is 22.1 Å². The van der Waals surface area contributed by atoms with Gasteiger partial charge in [-0.15, -0.1) is 0 Å². The van der Waals surface area contributed by atoms with Crippen LogP contribution in [0, 0.1) is 0 Å². The van der Waals surface area contributed by atoms with Crippen molar-refractivity contribution < 1.29 is 0 Å². The van der Waals surface area contributed by atoms with Crippen molar-refractivity contribution in [2.45, 2.75) is 33.1 Å². The Balaban J connectivity index is 0.000000815. The summed E-state index contributed by atoms with van der Waals surface area (Å²) < 4.78 is 1.93. The van der Waals surface area contributed by atoms with Gasteiger partial charge in [-0.05, 0) is 42.5 Å². The Morgan fingerprint density at radius 3 is 2.62 bits per heavy atom. The minimum absolute atomic E-state index is 0.712. The second kappa shape index (κ2) is 6.83. The van der Waals surface area contributed by atoms with Crippen molar-refractivity contribution in [2.75, 3.05) is 5.73 Å². The number of anilines is 1. The first kappa shape index (κ1) is 16.2.